The normalized spacial score (nSPS) is 18.4. The first-order chi connectivity index (χ1) is 25.3. The summed E-state index contributed by atoms with van der Waals surface area (Å²) < 4.78 is 23.5. The Morgan fingerprint density at radius 2 is 1.13 bits per heavy atom. The van der Waals surface area contributed by atoms with Crippen LogP contribution in [0.5, 0.6) is 0 Å². The highest BCUT2D eigenvalue weighted by atomic mass is 16.6. The lowest BCUT2D eigenvalue weighted by Gasteiger charge is -2.47. The molecule has 1 aliphatic heterocycles. The van der Waals surface area contributed by atoms with Crippen molar-refractivity contribution >= 4 is 29.8 Å². The van der Waals surface area contributed by atoms with E-state index in [0.29, 0.717) is 24.9 Å². The minimum atomic E-state index is -1.19. The molecule has 4 atom stereocenters. The number of piperidine rings is 1. The molecule has 1 N–H and O–H groups in total. The van der Waals surface area contributed by atoms with Gasteiger partial charge in [0.1, 0.15) is 13.2 Å². The molecule has 0 bridgehead atoms. The van der Waals surface area contributed by atoms with Crippen LogP contribution >= 0.6 is 0 Å². The van der Waals surface area contributed by atoms with Crippen molar-refractivity contribution in [2.45, 2.75) is 57.1 Å². The number of benzene rings is 4. The van der Waals surface area contributed by atoms with Gasteiger partial charge in [0.05, 0.1) is 28.8 Å². The number of rotatable bonds is 15. The predicted molar refractivity (Wildman–Crippen MR) is 191 cm³/mol. The van der Waals surface area contributed by atoms with E-state index >= 15 is 0 Å². The van der Waals surface area contributed by atoms with Crippen LogP contribution in [-0.2, 0) is 35.1 Å². The Bertz CT molecular complexity index is 1770. The maximum atomic E-state index is 13.6. The van der Waals surface area contributed by atoms with Crippen LogP contribution < -0.4 is 5.32 Å². The van der Waals surface area contributed by atoms with Crippen LogP contribution in [0.3, 0.4) is 0 Å². The van der Waals surface area contributed by atoms with Crippen LogP contribution in [0.25, 0.3) is 0 Å². The Kier molecular flexibility index (Phi) is 13.7. The maximum absolute atomic E-state index is 13.6. The summed E-state index contributed by atoms with van der Waals surface area (Å²) in [7, 11) is 0. The number of hydrogen-bond donors (Lipinski definition) is 1. The molecule has 1 amide bonds. The Morgan fingerprint density at radius 3 is 1.67 bits per heavy atom. The van der Waals surface area contributed by atoms with Gasteiger partial charge in [0.25, 0.3) is 0 Å². The lowest BCUT2D eigenvalue weighted by Crippen LogP contribution is -2.68. The summed E-state index contributed by atoms with van der Waals surface area (Å²) in [5.41, 5.74) is 1.75. The summed E-state index contributed by atoms with van der Waals surface area (Å²) >= 11 is 0. The second kappa shape index (κ2) is 19.0. The molecule has 4 unspecified atom stereocenters. The van der Waals surface area contributed by atoms with Crippen LogP contribution in [0.4, 0.5) is 0 Å². The smallest absolute Gasteiger partial charge is 0.338 e. The third-order valence-electron chi connectivity index (χ3n) is 8.61. The standard InChI is InChI=1S/C41H42N2O9/c1-29(44)42-34-26-43(25-15-14-24-36(45)49-27-30-16-6-2-7-17-30)35(28-50-39(46)31-18-8-3-9-19-31)38(52-41(48)33-22-12-5-13-23-33)37(34)51-40(47)32-20-10-4-11-21-32/h2-13,16-23,34-35,37-38H,14-15,24-28H2,1H3,(H,42,44). The zero-order valence-corrected chi connectivity index (χ0v) is 28.9. The van der Waals surface area contributed by atoms with Gasteiger partial charge in [-0.2, -0.15) is 0 Å². The van der Waals surface area contributed by atoms with Crippen molar-refractivity contribution in [3.8, 4) is 0 Å². The van der Waals surface area contributed by atoms with E-state index in [1.165, 1.54) is 6.92 Å². The highest BCUT2D eigenvalue weighted by molar-refractivity contribution is 5.91. The van der Waals surface area contributed by atoms with Gasteiger partial charge in [-0.3, -0.25) is 14.5 Å². The van der Waals surface area contributed by atoms with Gasteiger partial charge in [-0.1, -0.05) is 84.9 Å². The Balaban J connectivity index is 1.40. The second-order valence-corrected chi connectivity index (χ2v) is 12.4. The highest BCUT2D eigenvalue weighted by Crippen LogP contribution is 2.28. The number of hydrogen-bond acceptors (Lipinski definition) is 10. The van der Waals surface area contributed by atoms with E-state index in [4.69, 9.17) is 18.9 Å². The number of carbonyl (C=O) groups excluding carboxylic acids is 5. The third kappa shape index (κ3) is 10.8. The number of nitrogens with zero attached hydrogens (tertiary/aromatic N) is 1. The van der Waals surface area contributed by atoms with E-state index in [-0.39, 0.29) is 49.2 Å². The van der Waals surface area contributed by atoms with Crippen LogP contribution in [-0.4, -0.2) is 78.7 Å². The van der Waals surface area contributed by atoms with Gasteiger partial charge < -0.3 is 24.3 Å². The summed E-state index contributed by atoms with van der Waals surface area (Å²) in [4.78, 5) is 67.3. The fourth-order valence-corrected chi connectivity index (χ4v) is 6.03. The zero-order valence-electron chi connectivity index (χ0n) is 28.9. The molecule has 0 radical (unpaired) electrons. The van der Waals surface area contributed by atoms with Crippen LogP contribution in [0, 0.1) is 0 Å². The van der Waals surface area contributed by atoms with E-state index in [0.717, 1.165) is 5.56 Å². The topological polar surface area (TPSA) is 138 Å². The van der Waals surface area contributed by atoms with Crippen LogP contribution in [0.2, 0.25) is 0 Å². The summed E-state index contributed by atoms with van der Waals surface area (Å²) in [6.07, 6.45) is -1.18. The summed E-state index contributed by atoms with van der Waals surface area (Å²) in [6.45, 7) is 1.83. The number of esters is 4. The molecule has 52 heavy (non-hydrogen) atoms. The fourth-order valence-electron chi connectivity index (χ4n) is 6.03. The van der Waals surface area contributed by atoms with Crippen molar-refractivity contribution in [2.24, 2.45) is 0 Å². The Hall–Kier alpha value is -5.81. The van der Waals surface area contributed by atoms with Crippen molar-refractivity contribution in [3.63, 3.8) is 0 Å². The van der Waals surface area contributed by atoms with Crippen LogP contribution in [0.1, 0.15) is 62.8 Å². The first-order valence-electron chi connectivity index (χ1n) is 17.2. The van der Waals surface area contributed by atoms with E-state index in [9.17, 15) is 24.0 Å². The van der Waals surface area contributed by atoms with Crippen molar-refractivity contribution in [2.75, 3.05) is 19.7 Å². The molecule has 0 spiro atoms. The first-order valence-corrected chi connectivity index (χ1v) is 17.2. The molecule has 0 aromatic heterocycles. The summed E-state index contributed by atoms with van der Waals surface area (Å²) in [6, 6.07) is 33.0. The predicted octanol–water partition coefficient (Wildman–Crippen LogP) is 5.40. The monoisotopic (exact) mass is 706 g/mol. The van der Waals surface area contributed by atoms with Crippen molar-refractivity contribution in [3.05, 3.63) is 144 Å². The number of unbranched alkanes of at least 4 members (excludes halogenated alkanes) is 1. The average molecular weight is 707 g/mol. The molecule has 4 aromatic carbocycles. The lowest BCUT2D eigenvalue weighted by molar-refractivity contribution is -0.145. The minimum absolute atomic E-state index is 0.164. The first kappa shape index (κ1) is 37.4. The second-order valence-electron chi connectivity index (χ2n) is 12.4. The van der Waals surface area contributed by atoms with E-state index in [2.05, 4.69) is 5.32 Å². The summed E-state index contributed by atoms with van der Waals surface area (Å²) in [5.74, 6) is -2.67. The van der Waals surface area contributed by atoms with Gasteiger partial charge in [0.2, 0.25) is 5.91 Å². The van der Waals surface area contributed by atoms with E-state index < -0.39 is 42.2 Å². The molecule has 11 heteroatoms. The molecule has 1 saturated heterocycles. The number of amides is 1. The van der Waals surface area contributed by atoms with Gasteiger partial charge in [-0.25, -0.2) is 14.4 Å². The highest BCUT2D eigenvalue weighted by Gasteiger charge is 2.49. The average Bonchev–Trinajstić information content (AvgIpc) is 3.17. The van der Waals surface area contributed by atoms with Gasteiger partial charge in [-0.05, 0) is 61.3 Å². The molecule has 0 saturated carbocycles. The number of ether oxygens (including phenoxy) is 4. The number of carbonyl (C=O) groups is 5. The minimum Gasteiger partial charge on any atom is -0.461 e. The largest absolute Gasteiger partial charge is 0.461 e. The van der Waals surface area contributed by atoms with Gasteiger partial charge >= 0.3 is 23.9 Å². The van der Waals surface area contributed by atoms with Crippen molar-refractivity contribution < 1.29 is 42.9 Å². The quantitative estimate of drug-likeness (QED) is 0.0973. The molecule has 4 aromatic rings. The van der Waals surface area contributed by atoms with Crippen LogP contribution in [0.15, 0.2) is 121 Å². The SMILES string of the molecule is CC(=O)NC1CN(CCCCC(=O)OCc2ccccc2)C(COC(=O)c2ccccc2)C(OC(=O)c2ccccc2)C1OC(=O)c1ccccc1. The number of likely N-dealkylation sites (tertiary alicyclic amines) is 1. The summed E-state index contributed by atoms with van der Waals surface area (Å²) in [5, 5.41) is 2.88. The van der Waals surface area contributed by atoms with Gasteiger partial charge in [0, 0.05) is 19.9 Å². The fraction of sp³-hybridized carbons (Fsp3) is 0.293. The molecular weight excluding hydrogens is 664 g/mol. The zero-order chi connectivity index (χ0) is 36.7. The lowest BCUT2D eigenvalue weighted by atomic mass is 9.91. The van der Waals surface area contributed by atoms with Gasteiger partial charge in [0.15, 0.2) is 12.2 Å². The van der Waals surface area contributed by atoms with E-state index in [1.807, 2.05) is 35.2 Å². The molecule has 270 valence electrons. The molecule has 1 aliphatic rings. The van der Waals surface area contributed by atoms with Crippen molar-refractivity contribution in [1.82, 2.24) is 10.2 Å². The Labute approximate surface area is 302 Å². The Morgan fingerprint density at radius 1 is 0.635 bits per heavy atom. The molecule has 1 fully saturated rings. The maximum Gasteiger partial charge on any atom is 0.338 e. The molecule has 0 aliphatic carbocycles. The van der Waals surface area contributed by atoms with Gasteiger partial charge in [-0.15, -0.1) is 0 Å². The molecule has 1 heterocycles. The number of nitrogens with one attached hydrogen (secondary N) is 1. The molecular formula is C41H42N2O9. The molecule has 5 rings (SSSR count). The van der Waals surface area contributed by atoms with Crippen molar-refractivity contribution in [1.29, 1.82) is 0 Å². The third-order valence-corrected chi connectivity index (χ3v) is 8.61. The van der Waals surface area contributed by atoms with E-state index in [1.54, 1.807) is 91.0 Å². The molecule has 11 nitrogen and oxygen atoms in total.